The summed E-state index contributed by atoms with van der Waals surface area (Å²) in [5.41, 5.74) is 4.79. The SMILES string of the molecule is CCc1nc2ccccc2nc1-c1cccc(/C=C2\SC(=S)NC2=O)n1. The van der Waals surface area contributed by atoms with Gasteiger partial charge in [0.25, 0.3) is 5.91 Å². The van der Waals surface area contributed by atoms with Gasteiger partial charge in [0.15, 0.2) is 0 Å². The number of thioether (sulfide) groups is 1. The smallest absolute Gasteiger partial charge is 0.263 e. The van der Waals surface area contributed by atoms with Gasteiger partial charge in [-0.1, -0.05) is 49.1 Å². The van der Waals surface area contributed by atoms with E-state index in [2.05, 4.69) is 17.2 Å². The molecule has 2 aromatic heterocycles. The molecule has 0 spiro atoms. The van der Waals surface area contributed by atoms with Crippen LogP contribution in [0.4, 0.5) is 0 Å². The summed E-state index contributed by atoms with van der Waals surface area (Å²) in [5, 5.41) is 2.61. The zero-order chi connectivity index (χ0) is 18.1. The van der Waals surface area contributed by atoms with Crippen LogP contribution in [0, 0.1) is 0 Å². The van der Waals surface area contributed by atoms with Crippen molar-refractivity contribution in [2.45, 2.75) is 13.3 Å². The first-order chi connectivity index (χ1) is 12.6. The van der Waals surface area contributed by atoms with Crippen LogP contribution < -0.4 is 5.32 Å². The van der Waals surface area contributed by atoms with Gasteiger partial charge in [-0.2, -0.15) is 0 Å². The molecule has 1 aliphatic rings. The van der Waals surface area contributed by atoms with E-state index >= 15 is 0 Å². The van der Waals surface area contributed by atoms with E-state index in [0.29, 0.717) is 14.9 Å². The number of nitrogens with zero attached hydrogens (tertiary/aromatic N) is 3. The molecule has 7 heteroatoms. The summed E-state index contributed by atoms with van der Waals surface area (Å²) in [6.45, 7) is 2.05. The third kappa shape index (κ3) is 3.23. The predicted octanol–water partition coefficient (Wildman–Crippen LogP) is 3.74. The van der Waals surface area contributed by atoms with Crippen LogP contribution in [-0.2, 0) is 11.2 Å². The number of aromatic nitrogens is 3. The highest BCUT2D eigenvalue weighted by Gasteiger charge is 2.22. The van der Waals surface area contributed by atoms with Crippen LogP contribution in [-0.4, -0.2) is 25.2 Å². The van der Waals surface area contributed by atoms with Gasteiger partial charge in [0.05, 0.1) is 33.0 Å². The number of rotatable bonds is 3. The molecule has 128 valence electrons. The Morgan fingerprint density at radius 3 is 2.54 bits per heavy atom. The molecule has 1 fully saturated rings. The lowest BCUT2D eigenvalue weighted by molar-refractivity contribution is -0.115. The number of para-hydroxylation sites is 2. The Balaban J connectivity index is 1.79. The average Bonchev–Trinajstić information content (AvgIpc) is 2.97. The molecule has 1 N–H and O–H groups in total. The fraction of sp³-hybridized carbons (Fsp3) is 0.105. The summed E-state index contributed by atoms with van der Waals surface area (Å²) < 4.78 is 0.464. The van der Waals surface area contributed by atoms with E-state index in [9.17, 15) is 4.79 Å². The molecule has 4 rings (SSSR count). The molecule has 1 aromatic carbocycles. The fourth-order valence-corrected chi connectivity index (χ4v) is 3.74. The Morgan fingerprint density at radius 2 is 1.85 bits per heavy atom. The maximum Gasteiger partial charge on any atom is 0.263 e. The van der Waals surface area contributed by atoms with Crippen LogP contribution in [0.1, 0.15) is 18.3 Å². The number of hydrogen-bond donors (Lipinski definition) is 1. The van der Waals surface area contributed by atoms with Crippen LogP contribution in [0.25, 0.3) is 28.5 Å². The molecular weight excluding hydrogens is 364 g/mol. The number of nitrogens with one attached hydrogen (secondary N) is 1. The predicted molar refractivity (Wildman–Crippen MR) is 108 cm³/mol. The van der Waals surface area contributed by atoms with Gasteiger partial charge in [-0.3, -0.25) is 4.79 Å². The quantitative estimate of drug-likeness (QED) is 0.553. The highest BCUT2D eigenvalue weighted by atomic mass is 32.2. The zero-order valence-corrected chi connectivity index (χ0v) is 15.5. The van der Waals surface area contributed by atoms with Gasteiger partial charge in [0, 0.05) is 0 Å². The minimum atomic E-state index is -0.188. The number of pyridine rings is 1. The number of carbonyl (C=O) groups is 1. The minimum absolute atomic E-state index is 0.188. The highest BCUT2D eigenvalue weighted by molar-refractivity contribution is 8.26. The number of carbonyl (C=O) groups excluding carboxylic acids is 1. The minimum Gasteiger partial charge on any atom is -0.307 e. The van der Waals surface area contributed by atoms with Gasteiger partial charge in [-0.15, -0.1) is 0 Å². The molecular formula is C19H14N4OS2. The molecule has 5 nitrogen and oxygen atoms in total. The van der Waals surface area contributed by atoms with Gasteiger partial charge in [0.1, 0.15) is 10.0 Å². The summed E-state index contributed by atoms with van der Waals surface area (Å²) in [5.74, 6) is -0.188. The van der Waals surface area contributed by atoms with Gasteiger partial charge in [-0.25, -0.2) is 15.0 Å². The first kappa shape index (κ1) is 16.8. The summed E-state index contributed by atoms with van der Waals surface area (Å²) in [7, 11) is 0. The molecule has 0 radical (unpaired) electrons. The van der Waals surface area contributed by atoms with Crippen LogP contribution >= 0.6 is 24.0 Å². The molecule has 0 unspecified atom stereocenters. The molecule has 0 saturated carbocycles. The molecule has 1 saturated heterocycles. The maximum absolute atomic E-state index is 11.9. The number of aryl methyl sites for hydroxylation is 1. The van der Waals surface area contributed by atoms with Crippen molar-refractivity contribution in [1.29, 1.82) is 0 Å². The van der Waals surface area contributed by atoms with Crippen LogP contribution in [0.2, 0.25) is 0 Å². The Hall–Kier alpha value is -2.64. The second-order valence-electron chi connectivity index (χ2n) is 5.66. The molecule has 0 aliphatic carbocycles. The molecule has 3 heterocycles. The molecule has 3 aromatic rings. The molecule has 0 bridgehead atoms. The normalized spacial score (nSPS) is 15.7. The third-order valence-electron chi connectivity index (χ3n) is 3.91. The number of hydrogen-bond acceptors (Lipinski definition) is 6. The van der Waals surface area contributed by atoms with Crippen molar-refractivity contribution in [3.63, 3.8) is 0 Å². The van der Waals surface area contributed by atoms with E-state index in [1.165, 1.54) is 11.8 Å². The van der Waals surface area contributed by atoms with Gasteiger partial charge in [-0.05, 0) is 36.8 Å². The Morgan fingerprint density at radius 1 is 1.08 bits per heavy atom. The van der Waals surface area contributed by atoms with Crippen LogP contribution in [0.5, 0.6) is 0 Å². The molecule has 0 atom stereocenters. The average molecular weight is 378 g/mol. The fourth-order valence-electron chi connectivity index (χ4n) is 2.71. The highest BCUT2D eigenvalue weighted by Crippen LogP contribution is 2.27. The summed E-state index contributed by atoms with van der Waals surface area (Å²) in [4.78, 5) is 26.5. The van der Waals surface area contributed by atoms with Crippen molar-refractivity contribution in [3.05, 3.63) is 58.8 Å². The van der Waals surface area contributed by atoms with Gasteiger partial charge < -0.3 is 5.32 Å². The van der Waals surface area contributed by atoms with E-state index in [4.69, 9.17) is 22.2 Å². The Kier molecular flexibility index (Phi) is 4.48. The molecule has 1 amide bonds. The first-order valence-electron chi connectivity index (χ1n) is 8.12. The number of amides is 1. The lowest BCUT2D eigenvalue weighted by atomic mass is 10.1. The van der Waals surface area contributed by atoms with Crippen molar-refractivity contribution < 1.29 is 4.79 Å². The summed E-state index contributed by atoms with van der Waals surface area (Å²) >= 11 is 6.26. The van der Waals surface area contributed by atoms with Crippen LogP contribution in [0.15, 0.2) is 47.4 Å². The number of fused-ring (bicyclic) bond motifs is 1. The maximum atomic E-state index is 11.9. The van der Waals surface area contributed by atoms with Crippen molar-refractivity contribution >= 4 is 51.3 Å². The second kappa shape index (κ2) is 6.93. The largest absolute Gasteiger partial charge is 0.307 e. The van der Waals surface area contributed by atoms with E-state index in [1.807, 2.05) is 42.5 Å². The van der Waals surface area contributed by atoms with Crippen molar-refractivity contribution in [1.82, 2.24) is 20.3 Å². The standard InChI is InChI=1S/C19H14N4OS2/c1-2-12-17(22-14-8-4-3-7-13(14)21-12)15-9-5-6-11(20-15)10-16-18(24)23-19(25)26-16/h3-10H,2H2,1H3,(H,23,24,25)/b16-10-. The summed E-state index contributed by atoms with van der Waals surface area (Å²) in [6, 6.07) is 13.5. The van der Waals surface area contributed by atoms with Crippen molar-refractivity contribution in [3.8, 4) is 11.4 Å². The Labute approximate surface area is 160 Å². The second-order valence-corrected chi connectivity index (χ2v) is 7.38. The van der Waals surface area contributed by atoms with Gasteiger partial charge in [0.2, 0.25) is 0 Å². The number of benzene rings is 1. The number of thiocarbonyl (C=S) groups is 1. The van der Waals surface area contributed by atoms with E-state index in [-0.39, 0.29) is 5.91 Å². The van der Waals surface area contributed by atoms with Gasteiger partial charge >= 0.3 is 0 Å². The van der Waals surface area contributed by atoms with E-state index in [1.54, 1.807) is 6.08 Å². The van der Waals surface area contributed by atoms with Crippen molar-refractivity contribution in [2.75, 3.05) is 0 Å². The lowest BCUT2D eigenvalue weighted by Crippen LogP contribution is -2.17. The summed E-state index contributed by atoms with van der Waals surface area (Å²) in [6.07, 6.45) is 2.50. The molecule has 1 aliphatic heterocycles. The first-order valence-corrected chi connectivity index (χ1v) is 9.34. The van der Waals surface area contributed by atoms with E-state index in [0.717, 1.165) is 34.5 Å². The zero-order valence-electron chi connectivity index (χ0n) is 13.9. The lowest BCUT2D eigenvalue weighted by Gasteiger charge is -2.08. The topological polar surface area (TPSA) is 67.8 Å². The monoisotopic (exact) mass is 378 g/mol. The Bertz CT molecular complexity index is 1080. The van der Waals surface area contributed by atoms with E-state index < -0.39 is 0 Å². The third-order valence-corrected chi connectivity index (χ3v) is 5.07. The van der Waals surface area contributed by atoms with Crippen LogP contribution in [0.3, 0.4) is 0 Å². The molecule has 26 heavy (non-hydrogen) atoms. The van der Waals surface area contributed by atoms with Crippen molar-refractivity contribution in [2.24, 2.45) is 0 Å².